The topological polar surface area (TPSA) is 49.7 Å². The summed E-state index contributed by atoms with van der Waals surface area (Å²) in [7, 11) is 0. The van der Waals surface area contributed by atoms with E-state index in [1.165, 1.54) is 5.57 Å². The van der Waals surface area contributed by atoms with Gasteiger partial charge in [-0.15, -0.1) is 0 Å². The number of phenols is 2. The summed E-state index contributed by atoms with van der Waals surface area (Å²) in [4.78, 5) is 0. The normalized spacial score (nSPS) is 15.3. The molecular formula is C24H28O3. The molecular weight excluding hydrogens is 336 g/mol. The van der Waals surface area contributed by atoms with E-state index in [-0.39, 0.29) is 17.1 Å². The first-order chi connectivity index (χ1) is 12.7. The molecule has 0 amide bonds. The maximum absolute atomic E-state index is 10.7. The van der Waals surface area contributed by atoms with E-state index in [9.17, 15) is 10.2 Å². The summed E-state index contributed by atoms with van der Waals surface area (Å²) in [6.07, 6.45) is 8.74. The van der Waals surface area contributed by atoms with Crippen LogP contribution in [0.4, 0.5) is 0 Å². The van der Waals surface area contributed by atoms with Crippen LogP contribution in [0.15, 0.2) is 42.0 Å². The second-order valence-electron chi connectivity index (χ2n) is 8.04. The van der Waals surface area contributed by atoms with Crippen molar-refractivity contribution < 1.29 is 14.9 Å². The van der Waals surface area contributed by atoms with Crippen molar-refractivity contribution >= 4 is 12.2 Å². The van der Waals surface area contributed by atoms with Gasteiger partial charge in [-0.25, -0.2) is 0 Å². The second-order valence-corrected chi connectivity index (χ2v) is 8.04. The molecule has 0 saturated carbocycles. The Kier molecular flexibility index (Phi) is 5.31. The summed E-state index contributed by atoms with van der Waals surface area (Å²) in [6.45, 7) is 8.28. The number of rotatable bonds is 4. The first-order valence-corrected chi connectivity index (χ1v) is 9.42. The van der Waals surface area contributed by atoms with Crippen molar-refractivity contribution in [3.63, 3.8) is 0 Å². The van der Waals surface area contributed by atoms with E-state index < -0.39 is 0 Å². The maximum atomic E-state index is 10.7. The van der Waals surface area contributed by atoms with Crippen LogP contribution in [-0.4, -0.2) is 15.8 Å². The van der Waals surface area contributed by atoms with Crippen LogP contribution >= 0.6 is 0 Å². The van der Waals surface area contributed by atoms with Crippen LogP contribution in [-0.2, 0) is 12.8 Å². The fraction of sp³-hybridized carbons (Fsp3) is 0.333. The first-order valence-electron chi connectivity index (χ1n) is 9.42. The van der Waals surface area contributed by atoms with Gasteiger partial charge in [0.2, 0.25) is 0 Å². The van der Waals surface area contributed by atoms with E-state index in [4.69, 9.17) is 4.74 Å². The molecule has 0 saturated heterocycles. The highest BCUT2D eigenvalue weighted by Gasteiger charge is 2.29. The first kappa shape index (κ1) is 19.1. The third-order valence-electron chi connectivity index (χ3n) is 4.94. The summed E-state index contributed by atoms with van der Waals surface area (Å²) in [6, 6.07) is 8.86. The van der Waals surface area contributed by atoms with E-state index in [1.807, 2.05) is 18.2 Å². The Morgan fingerprint density at radius 3 is 2.48 bits per heavy atom. The van der Waals surface area contributed by atoms with E-state index in [1.54, 1.807) is 18.2 Å². The monoisotopic (exact) mass is 364 g/mol. The Hall–Kier alpha value is -2.68. The molecule has 0 atom stereocenters. The van der Waals surface area contributed by atoms with Gasteiger partial charge < -0.3 is 14.9 Å². The van der Waals surface area contributed by atoms with Gasteiger partial charge in [-0.1, -0.05) is 35.9 Å². The van der Waals surface area contributed by atoms with Crippen LogP contribution in [0.25, 0.3) is 12.2 Å². The molecule has 0 fully saturated rings. The van der Waals surface area contributed by atoms with E-state index >= 15 is 0 Å². The van der Waals surface area contributed by atoms with Gasteiger partial charge in [0.1, 0.15) is 22.8 Å². The number of ether oxygens (including phenoxy) is 1. The molecule has 2 aromatic rings. The van der Waals surface area contributed by atoms with E-state index in [0.717, 1.165) is 40.8 Å². The number of hydrogen-bond acceptors (Lipinski definition) is 3. The van der Waals surface area contributed by atoms with Gasteiger partial charge in [-0.2, -0.15) is 0 Å². The molecule has 3 heteroatoms. The van der Waals surface area contributed by atoms with Crippen LogP contribution in [0, 0.1) is 0 Å². The third-order valence-corrected chi connectivity index (χ3v) is 4.94. The predicted octanol–water partition coefficient (Wildman–Crippen LogP) is 5.88. The van der Waals surface area contributed by atoms with Gasteiger partial charge in [-0.3, -0.25) is 0 Å². The SMILES string of the molecule is CC(C)=CCc1c(O)cc2c(c1/C=C/c1ccc(O)cc1)CCC(C)(C)O2. The Labute approximate surface area is 161 Å². The van der Waals surface area contributed by atoms with Crippen molar-refractivity contribution in [2.45, 2.75) is 52.6 Å². The third kappa shape index (κ3) is 4.54. The number of phenolic OH excluding ortho intramolecular Hbond substituents is 2. The van der Waals surface area contributed by atoms with E-state index in [0.29, 0.717) is 6.42 Å². The molecule has 0 spiro atoms. The molecule has 27 heavy (non-hydrogen) atoms. The molecule has 1 aliphatic rings. The standard InChI is InChI=1S/C24H28O3/c1-16(2)5-11-20-19(12-8-17-6-9-18(25)10-7-17)21-13-14-24(3,4)27-23(21)15-22(20)26/h5-10,12,15,25-26H,11,13-14H2,1-4H3/b12-8+. The number of fused-ring (bicyclic) bond motifs is 1. The van der Waals surface area contributed by atoms with Crippen molar-refractivity contribution in [3.8, 4) is 17.2 Å². The molecule has 0 aliphatic carbocycles. The lowest BCUT2D eigenvalue weighted by atomic mass is 9.87. The van der Waals surface area contributed by atoms with Crippen molar-refractivity contribution in [3.05, 3.63) is 64.2 Å². The highest BCUT2D eigenvalue weighted by Crippen LogP contribution is 2.41. The Morgan fingerprint density at radius 1 is 1.11 bits per heavy atom. The highest BCUT2D eigenvalue weighted by atomic mass is 16.5. The van der Waals surface area contributed by atoms with Crippen LogP contribution in [0.3, 0.4) is 0 Å². The highest BCUT2D eigenvalue weighted by molar-refractivity contribution is 5.76. The van der Waals surface area contributed by atoms with Gasteiger partial charge in [-0.05, 0) is 70.2 Å². The van der Waals surface area contributed by atoms with Crippen molar-refractivity contribution in [2.24, 2.45) is 0 Å². The largest absolute Gasteiger partial charge is 0.508 e. The van der Waals surface area contributed by atoms with Crippen LogP contribution in [0.5, 0.6) is 17.2 Å². The summed E-state index contributed by atoms with van der Waals surface area (Å²) in [5.41, 5.74) is 5.10. The average Bonchev–Trinajstić information content (AvgIpc) is 2.58. The molecule has 0 aromatic heterocycles. The fourth-order valence-electron chi connectivity index (χ4n) is 3.36. The quantitative estimate of drug-likeness (QED) is 0.526. The lowest BCUT2D eigenvalue weighted by Crippen LogP contribution is -2.33. The lowest BCUT2D eigenvalue weighted by molar-refractivity contribution is 0.0842. The minimum absolute atomic E-state index is 0.223. The molecule has 142 valence electrons. The smallest absolute Gasteiger partial charge is 0.127 e. The molecule has 1 heterocycles. The summed E-state index contributed by atoms with van der Waals surface area (Å²) in [5.74, 6) is 1.30. The maximum Gasteiger partial charge on any atom is 0.127 e. The molecule has 0 bridgehead atoms. The Morgan fingerprint density at radius 2 is 1.81 bits per heavy atom. The fourth-order valence-corrected chi connectivity index (χ4v) is 3.36. The minimum Gasteiger partial charge on any atom is -0.508 e. The predicted molar refractivity (Wildman–Crippen MR) is 111 cm³/mol. The van der Waals surface area contributed by atoms with Gasteiger partial charge >= 0.3 is 0 Å². The van der Waals surface area contributed by atoms with Gasteiger partial charge in [0, 0.05) is 17.2 Å². The molecule has 3 rings (SSSR count). The zero-order valence-electron chi connectivity index (χ0n) is 16.5. The van der Waals surface area contributed by atoms with Gasteiger partial charge in [0.05, 0.1) is 0 Å². The van der Waals surface area contributed by atoms with Crippen LogP contribution in [0.2, 0.25) is 0 Å². The molecule has 3 nitrogen and oxygen atoms in total. The van der Waals surface area contributed by atoms with Crippen molar-refractivity contribution in [1.29, 1.82) is 0 Å². The summed E-state index contributed by atoms with van der Waals surface area (Å²) >= 11 is 0. The van der Waals surface area contributed by atoms with Crippen molar-refractivity contribution in [1.82, 2.24) is 0 Å². The van der Waals surface area contributed by atoms with Gasteiger partial charge in [0.25, 0.3) is 0 Å². The molecule has 0 radical (unpaired) electrons. The zero-order chi connectivity index (χ0) is 19.6. The number of allylic oxidation sites excluding steroid dienone is 2. The van der Waals surface area contributed by atoms with Crippen molar-refractivity contribution in [2.75, 3.05) is 0 Å². The summed E-state index contributed by atoms with van der Waals surface area (Å²) in [5, 5.41) is 20.2. The zero-order valence-corrected chi connectivity index (χ0v) is 16.5. The molecule has 2 N–H and O–H groups in total. The number of hydrogen-bond donors (Lipinski definition) is 2. The minimum atomic E-state index is -0.223. The van der Waals surface area contributed by atoms with Crippen LogP contribution < -0.4 is 4.74 Å². The summed E-state index contributed by atoms with van der Waals surface area (Å²) < 4.78 is 6.15. The molecule has 0 unspecified atom stereocenters. The molecule has 2 aromatic carbocycles. The Bertz CT molecular complexity index is 883. The van der Waals surface area contributed by atoms with E-state index in [2.05, 4.69) is 39.8 Å². The second kappa shape index (κ2) is 7.51. The molecule has 1 aliphatic heterocycles. The number of aromatic hydroxyl groups is 2. The Balaban J connectivity index is 2.08. The van der Waals surface area contributed by atoms with Crippen LogP contribution in [0.1, 0.15) is 56.4 Å². The lowest BCUT2D eigenvalue weighted by Gasteiger charge is -2.34. The average molecular weight is 364 g/mol. The number of benzene rings is 2. The van der Waals surface area contributed by atoms with Gasteiger partial charge in [0.15, 0.2) is 0 Å².